The smallest absolute Gasteiger partial charge is 0.0159 e. The zero-order valence-electron chi connectivity index (χ0n) is 64.8. The number of fused-ring (bicyclic) bond motifs is 15. The Hall–Kier alpha value is -12.5. The Morgan fingerprint density at radius 2 is 0.279 bits per heavy atom. The van der Waals surface area contributed by atoms with E-state index in [-0.39, 0.29) is 27.1 Å². The maximum atomic E-state index is 2.55. The lowest BCUT2D eigenvalue weighted by Crippen LogP contribution is -2.14. The van der Waals surface area contributed by atoms with E-state index in [0.717, 1.165) is 38.9 Å². The first-order valence-corrected chi connectivity index (χ1v) is 39.8. The molecule has 21 rings (SSSR count). The van der Waals surface area contributed by atoms with Crippen LogP contribution >= 0.6 is 0 Å². The number of benzene rings is 16. The van der Waals surface area contributed by atoms with Gasteiger partial charge in [0.1, 0.15) is 0 Å². The summed E-state index contributed by atoms with van der Waals surface area (Å²) in [6, 6.07) is 131. The van der Waals surface area contributed by atoms with Crippen LogP contribution in [0.3, 0.4) is 0 Å². The van der Waals surface area contributed by atoms with E-state index in [0.29, 0.717) is 0 Å². The molecule has 16 aromatic carbocycles. The molecule has 0 heteroatoms. The van der Waals surface area contributed by atoms with E-state index in [1.54, 1.807) is 0 Å². The van der Waals surface area contributed by atoms with Crippen LogP contribution < -0.4 is 0 Å². The third-order valence-corrected chi connectivity index (χ3v) is 26.8. The molecular formula is C111H86. The fourth-order valence-corrected chi connectivity index (χ4v) is 20.6. The van der Waals surface area contributed by atoms with Gasteiger partial charge >= 0.3 is 0 Å². The van der Waals surface area contributed by atoms with E-state index in [4.69, 9.17) is 0 Å². The van der Waals surface area contributed by atoms with E-state index >= 15 is 0 Å². The predicted octanol–water partition coefficient (Wildman–Crippen LogP) is 29.9. The molecule has 0 spiro atoms. The molecule has 0 radical (unpaired) electrons. The molecule has 111 heavy (non-hydrogen) atoms. The zero-order chi connectivity index (χ0) is 75.2. The lowest BCUT2D eigenvalue weighted by Gasteiger charge is -2.25. The second-order valence-corrected chi connectivity index (χ2v) is 34.6. The third-order valence-electron chi connectivity index (χ3n) is 26.8. The minimum atomic E-state index is -0.134. The Morgan fingerprint density at radius 3 is 0.495 bits per heavy atom. The monoisotopic (exact) mass is 1420 g/mol. The van der Waals surface area contributed by atoms with Crippen molar-refractivity contribution in [3.8, 4) is 167 Å². The second-order valence-electron chi connectivity index (χ2n) is 34.6. The molecule has 0 saturated heterocycles. The summed E-state index contributed by atoms with van der Waals surface area (Å²) < 4.78 is 0. The van der Waals surface area contributed by atoms with Crippen molar-refractivity contribution < 1.29 is 0 Å². The lowest BCUT2D eigenvalue weighted by atomic mass is 9.78. The molecule has 0 unspecified atom stereocenters. The van der Waals surface area contributed by atoms with Crippen LogP contribution in [-0.2, 0) is 27.1 Å². The van der Waals surface area contributed by atoms with E-state index in [1.807, 2.05) is 0 Å². The summed E-state index contributed by atoms with van der Waals surface area (Å²) in [6.45, 7) is 23.8. The molecule has 0 nitrogen and oxygen atoms in total. The average Bonchev–Trinajstić information content (AvgIpc) is 1.72. The molecule has 530 valence electrons. The van der Waals surface area contributed by atoms with Crippen molar-refractivity contribution in [2.45, 2.75) is 96.3 Å². The largest absolute Gasteiger partial charge is 0.0619 e. The van der Waals surface area contributed by atoms with Gasteiger partial charge in [-0.15, -0.1) is 0 Å². The highest BCUT2D eigenvalue weighted by Gasteiger charge is 2.41. The maximum Gasteiger partial charge on any atom is 0.0159 e. The maximum absolute atomic E-state index is 2.55. The highest BCUT2D eigenvalue weighted by Crippen LogP contribution is 2.58. The number of hydrogen-bond acceptors (Lipinski definition) is 0. The summed E-state index contributed by atoms with van der Waals surface area (Å²) >= 11 is 0. The molecule has 16 aromatic rings. The van der Waals surface area contributed by atoms with Crippen LogP contribution in [-0.4, -0.2) is 0 Å². The Labute approximate surface area is 654 Å². The molecule has 0 saturated carbocycles. The number of hydrogen-bond donors (Lipinski definition) is 0. The van der Waals surface area contributed by atoms with Gasteiger partial charge in [0.2, 0.25) is 0 Å². The predicted molar refractivity (Wildman–Crippen MR) is 469 cm³/mol. The van der Waals surface area contributed by atoms with Gasteiger partial charge < -0.3 is 0 Å². The molecule has 0 aromatic heterocycles. The summed E-state index contributed by atoms with van der Waals surface area (Å²) in [5.41, 5.74) is 50.1. The van der Waals surface area contributed by atoms with Gasteiger partial charge in [-0.25, -0.2) is 0 Å². The molecule has 5 aliphatic rings. The molecule has 0 bridgehead atoms. The van der Waals surface area contributed by atoms with E-state index in [1.165, 1.54) is 184 Å². The van der Waals surface area contributed by atoms with Crippen molar-refractivity contribution in [3.63, 3.8) is 0 Å². The van der Waals surface area contributed by atoms with Crippen molar-refractivity contribution in [3.05, 3.63) is 395 Å². The van der Waals surface area contributed by atoms with Crippen LogP contribution in [0, 0.1) is 0 Å². The van der Waals surface area contributed by atoms with Gasteiger partial charge in [-0.1, -0.05) is 373 Å². The van der Waals surface area contributed by atoms with Gasteiger partial charge in [-0.2, -0.15) is 0 Å². The topological polar surface area (TPSA) is 0 Å². The van der Waals surface area contributed by atoms with Gasteiger partial charge in [-0.05, 0) is 259 Å². The second kappa shape index (κ2) is 24.3. The Balaban J connectivity index is 0.785. The summed E-state index contributed by atoms with van der Waals surface area (Å²) in [5.74, 6) is 0. The van der Waals surface area contributed by atoms with Crippen molar-refractivity contribution in [1.82, 2.24) is 0 Å². The van der Waals surface area contributed by atoms with Crippen LogP contribution in [0.4, 0.5) is 0 Å². The third kappa shape index (κ3) is 10.1. The summed E-state index contributed by atoms with van der Waals surface area (Å²) in [7, 11) is 0. The highest BCUT2D eigenvalue weighted by molar-refractivity contribution is 6.08. The molecule has 5 aliphatic carbocycles. The Morgan fingerprint density at radius 1 is 0.117 bits per heavy atom. The average molecular weight is 1420 g/mol. The van der Waals surface area contributed by atoms with Crippen LogP contribution in [0.2, 0.25) is 0 Å². The SMILES string of the molecule is CC1(C)c2ccccc2-c2ccc(-c3ccc(-c4cc(-c5ccc(-c6ccc7c(c6)C(C)(C)c6ccccc6-7)cc5)c(-c5ccc(-c6ccc7c(c6)C(C)(C)c6ccccc6-7)cc5)c(-c5ccc(-c6ccc7c(c6)C(C)(C)c6ccccc6-7)cc5)c4-c4ccc(-c5ccc6c(c5)C(C)(C)c5ccccc5-6)cc4)cc3)cc21. The van der Waals surface area contributed by atoms with E-state index in [2.05, 4.69) is 409 Å². The summed E-state index contributed by atoms with van der Waals surface area (Å²) in [5, 5.41) is 0. The molecule has 0 heterocycles. The lowest BCUT2D eigenvalue weighted by molar-refractivity contribution is 0.660. The van der Waals surface area contributed by atoms with Crippen LogP contribution in [0.5, 0.6) is 0 Å². The first-order valence-electron chi connectivity index (χ1n) is 39.8. The quantitative estimate of drug-likeness (QED) is 0.128. The van der Waals surface area contributed by atoms with Crippen molar-refractivity contribution in [2.24, 2.45) is 0 Å². The van der Waals surface area contributed by atoms with Crippen LogP contribution in [0.15, 0.2) is 340 Å². The molecule has 0 fully saturated rings. The van der Waals surface area contributed by atoms with Crippen LogP contribution in [0.25, 0.3) is 167 Å². The standard InChI is InChI=1S/C111H86/c1-107(2)94-26-16-11-21-82(94)87-56-51-77(61-99(87)107)67-31-41-72(42-32-67)92-66-93(73-43-33-68(34-44-73)78-52-57-88-83-22-12-17-27-95(83)108(3,4)100(88)62-78)105(75-47-37-70(38-48-75)80-54-59-90-85-24-14-19-29-97(85)110(7,8)102(90)64-80)106(76-49-39-71(40-50-76)81-55-60-91-86-25-15-20-30-98(86)111(9,10)103(91)65-81)104(92)74-45-35-69(36-46-74)79-53-58-89-84-23-13-18-28-96(84)109(5,6)101(89)63-79/h11-66H,1-10H3. The Bertz CT molecular complexity index is 6250. The minimum absolute atomic E-state index is 0.123. The Kier molecular flexibility index (Phi) is 14.6. The molecule has 0 N–H and O–H groups in total. The minimum Gasteiger partial charge on any atom is -0.0619 e. The number of rotatable bonds is 10. The molecule has 0 aliphatic heterocycles. The van der Waals surface area contributed by atoms with E-state index < -0.39 is 0 Å². The van der Waals surface area contributed by atoms with Gasteiger partial charge in [0.05, 0.1) is 0 Å². The molecular weight excluding hydrogens is 1330 g/mol. The fourth-order valence-electron chi connectivity index (χ4n) is 20.6. The van der Waals surface area contributed by atoms with Gasteiger partial charge in [0.25, 0.3) is 0 Å². The van der Waals surface area contributed by atoms with Crippen molar-refractivity contribution >= 4 is 0 Å². The van der Waals surface area contributed by atoms with E-state index in [9.17, 15) is 0 Å². The zero-order valence-corrected chi connectivity index (χ0v) is 64.8. The highest BCUT2D eigenvalue weighted by atomic mass is 14.4. The summed E-state index contributed by atoms with van der Waals surface area (Å²) in [6.07, 6.45) is 0. The first-order chi connectivity index (χ1) is 53.8. The summed E-state index contributed by atoms with van der Waals surface area (Å²) in [4.78, 5) is 0. The van der Waals surface area contributed by atoms with Crippen molar-refractivity contribution in [2.75, 3.05) is 0 Å². The van der Waals surface area contributed by atoms with Gasteiger partial charge in [-0.3, -0.25) is 0 Å². The fraction of sp³-hybridized carbons (Fsp3) is 0.135. The van der Waals surface area contributed by atoms with Gasteiger partial charge in [0.15, 0.2) is 0 Å². The normalized spacial score (nSPS) is 15.1. The molecule has 0 amide bonds. The first kappa shape index (κ1) is 66.7. The molecule has 0 atom stereocenters. The van der Waals surface area contributed by atoms with Crippen molar-refractivity contribution in [1.29, 1.82) is 0 Å². The van der Waals surface area contributed by atoms with Crippen LogP contribution in [0.1, 0.15) is 125 Å². The van der Waals surface area contributed by atoms with Gasteiger partial charge in [0, 0.05) is 27.1 Å².